The van der Waals surface area contributed by atoms with E-state index in [4.69, 9.17) is 27.9 Å². The number of methoxy groups -OCH3 is 1. The number of benzene rings is 2. The smallest absolute Gasteiger partial charge is 0.338 e. The number of nitrogens with one attached hydrogen (secondary N) is 1. The van der Waals surface area contributed by atoms with Crippen molar-refractivity contribution in [2.45, 2.75) is 6.54 Å². The van der Waals surface area contributed by atoms with E-state index in [1.54, 1.807) is 18.2 Å². The molecule has 0 bridgehead atoms. The lowest BCUT2D eigenvalue weighted by molar-refractivity contribution is -0.385. The zero-order valence-electron chi connectivity index (χ0n) is 14.0. The van der Waals surface area contributed by atoms with E-state index in [0.717, 1.165) is 13.2 Å². The second-order valence-corrected chi connectivity index (χ2v) is 6.08. The van der Waals surface area contributed by atoms with Gasteiger partial charge in [0.05, 0.1) is 17.6 Å². The van der Waals surface area contributed by atoms with Crippen LogP contribution >= 0.6 is 23.2 Å². The molecule has 10 heteroatoms. The molecule has 0 saturated carbocycles. The van der Waals surface area contributed by atoms with E-state index in [2.05, 4.69) is 10.1 Å². The fourth-order valence-electron chi connectivity index (χ4n) is 2.08. The second-order valence-electron chi connectivity index (χ2n) is 5.23. The number of nitrogens with zero attached hydrogens (tertiary/aromatic N) is 1. The van der Waals surface area contributed by atoms with Crippen LogP contribution in [-0.4, -0.2) is 30.5 Å². The molecule has 27 heavy (non-hydrogen) atoms. The van der Waals surface area contributed by atoms with Crippen molar-refractivity contribution in [3.05, 3.63) is 67.7 Å². The number of ether oxygens (including phenoxy) is 2. The number of carbonyl (C=O) groups is 2. The van der Waals surface area contributed by atoms with Crippen molar-refractivity contribution in [2.75, 3.05) is 13.7 Å². The van der Waals surface area contributed by atoms with Crippen molar-refractivity contribution in [1.82, 2.24) is 5.32 Å². The molecule has 0 fully saturated rings. The van der Waals surface area contributed by atoms with Gasteiger partial charge in [-0.1, -0.05) is 29.3 Å². The Kier molecular flexibility index (Phi) is 6.98. The third-order valence-corrected chi connectivity index (χ3v) is 4.01. The van der Waals surface area contributed by atoms with Gasteiger partial charge in [-0.2, -0.15) is 0 Å². The Morgan fingerprint density at radius 3 is 2.56 bits per heavy atom. The fraction of sp³-hybridized carbons (Fsp3) is 0.176. The van der Waals surface area contributed by atoms with Gasteiger partial charge in [-0.15, -0.1) is 0 Å². The van der Waals surface area contributed by atoms with E-state index in [1.807, 2.05) is 0 Å². The molecule has 0 radical (unpaired) electrons. The molecule has 0 aliphatic carbocycles. The molecule has 0 unspecified atom stereocenters. The molecule has 142 valence electrons. The van der Waals surface area contributed by atoms with Gasteiger partial charge in [0.15, 0.2) is 12.4 Å². The van der Waals surface area contributed by atoms with Gasteiger partial charge in [-0.3, -0.25) is 14.9 Å². The Balaban J connectivity index is 1.99. The topological polar surface area (TPSA) is 108 Å². The number of halogens is 2. The van der Waals surface area contributed by atoms with E-state index in [9.17, 15) is 19.7 Å². The highest BCUT2D eigenvalue weighted by molar-refractivity contribution is 6.35. The summed E-state index contributed by atoms with van der Waals surface area (Å²) in [5.74, 6) is -1.37. The quantitative estimate of drug-likeness (QED) is 0.424. The third-order valence-electron chi connectivity index (χ3n) is 3.43. The maximum atomic E-state index is 11.9. The van der Waals surface area contributed by atoms with Crippen LogP contribution in [0.1, 0.15) is 15.9 Å². The van der Waals surface area contributed by atoms with Gasteiger partial charge < -0.3 is 14.8 Å². The van der Waals surface area contributed by atoms with Crippen LogP contribution in [-0.2, 0) is 16.1 Å². The van der Waals surface area contributed by atoms with Crippen LogP contribution < -0.4 is 10.1 Å². The van der Waals surface area contributed by atoms with Crippen LogP contribution in [0.4, 0.5) is 5.69 Å². The van der Waals surface area contributed by atoms with Crippen molar-refractivity contribution >= 4 is 40.8 Å². The standard InChI is InChI=1S/C17H14Cl2N2O6/c1-26-17(23)10-3-5-15(14(6-10)21(24)25)27-9-16(22)20-8-11-2-4-12(18)7-13(11)19/h2-7H,8-9H2,1H3,(H,20,22). The number of nitro benzene ring substituents is 1. The minimum absolute atomic E-state index is 0.00150. The second kappa shape index (κ2) is 9.20. The Hall–Kier alpha value is -2.84. The first-order valence-electron chi connectivity index (χ1n) is 7.52. The summed E-state index contributed by atoms with van der Waals surface area (Å²) in [6.07, 6.45) is 0. The third kappa shape index (κ3) is 5.57. The molecular weight excluding hydrogens is 399 g/mol. The molecule has 0 spiro atoms. The van der Waals surface area contributed by atoms with Crippen LogP contribution in [0.2, 0.25) is 10.0 Å². The Bertz CT molecular complexity index is 888. The molecule has 8 nitrogen and oxygen atoms in total. The minimum atomic E-state index is -0.720. The Morgan fingerprint density at radius 2 is 1.93 bits per heavy atom. The summed E-state index contributed by atoms with van der Waals surface area (Å²) in [5, 5.41) is 14.6. The fourth-order valence-corrected chi connectivity index (χ4v) is 2.56. The maximum absolute atomic E-state index is 11.9. The zero-order valence-corrected chi connectivity index (χ0v) is 15.5. The largest absolute Gasteiger partial charge is 0.477 e. The number of hydrogen-bond donors (Lipinski definition) is 1. The summed E-state index contributed by atoms with van der Waals surface area (Å²) in [4.78, 5) is 33.8. The summed E-state index contributed by atoms with van der Waals surface area (Å²) < 4.78 is 9.72. The Morgan fingerprint density at radius 1 is 1.19 bits per heavy atom. The first-order valence-corrected chi connectivity index (χ1v) is 8.27. The summed E-state index contributed by atoms with van der Waals surface area (Å²) in [5.41, 5.74) is 0.202. The highest BCUT2D eigenvalue weighted by Crippen LogP contribution is 2.28. The minimum Gasteiger partial charge on any atom is -0.477 e. The molecule has 1 N–H and O–H groups in total. The monoisotopic (exact) mass is 412 g/mol. The molecule has 0 aliphatic rings. The van der Waals surface area contributed by atoms with Crippen molar-refractivity contribution in [1.29, 1.82) is 0 Å². The summed E-state index contributed by atoms with van der Waals surface area (Å²) in [6.45, 7) is -0.314. The first kappa shape index (κ1) is 20.5. The predicted octanol–water partition coefficient (Wildman–Crippen LogP) is 3.38. The van der Waals surface area contributed by atoms with E-state index >= 15 is 0 Å². The molecule has 1 amide bonds. The number of amides is 1. The van der Waals surface area contributed by atoms with Crippen LogP contribution in [0.15, 0.2) is 36.4 Å². The summed E-state index contributed by atoms with van der Waals surface area (Å²) in [7, 11) is 1.16. The van der Waals surface area contributed by atoms with Gasteiger partial charge in [0, 0.05) is 22.7 Å². The lowest BCUT2D eigenvalue weighted by atomic mass is 10.2. The molecule has 2 aromatic rings. The van der Waals surface area contributed by atoms with Crippen LogP contribution in [0.3, 0.4) is 0 Å². The van der Waals surface area contributed by atoms with E-state index < -0.39 is 29.1 Å². The Labute approximate surface area is 164 Å². The van der Waals surface area contributed by atoms with Crippen molar-refractivity contribution in [2.24, 2.45) is 0 Å². The number of rotatable bonds is 7. The molecule has 0 heterocycles. The highest BCUT2D eigenvalue weighted by atomic mass is 35.5. The number of hydrogen-bond acceptors (Lipinski definition) is 6. The number of nitro groups is 1. The molecule has 2 aromatic carbocycles. The molecule has 0 saturated heterocycles. The zero-order chi connectivity index (χ0) is 20.0. The van der Waals surface area contributed by atoms with Crippen LogP contribution in [0, 0.1) is 10.1 Å². The maximum Gasteiger partial charge on any atom is 0.338 e. The normalized spacial score (nSPS) is 10.2. The van der Waals surface area contributed by atoms with Crippen molar-refractivity contribution in [3.63, 3.8) is 0 Å². The predicted molar refractivity (Wildman–Crippen MR) is 98.2 cm³/mol. The van der Waals surface area contributed by atoms with Gasteiger partial charge >= 0.3 is 11.7 Å². The van der Waals surface area contributed by atoms with Gasteiger partial charge in [0.25, 0.3) is 5.91 Å². The van der Waals surface area contributed by atoms with Gasteiger partial charge in [-0.25, -0.2) is 4.79 Å². The van der Waals surface area contributed by atoms with E-state index in [1.165, 1.54) is 12.1 Å². The number of esters is 1. The van der Waals surface area contributed by atoms with E-state index in [-0.39, 0.29) is 17.9 Å². The van der Waals surface area contributed by atoms with Crippen molar-refractivity contribution in [3.8, 4) is 5.75 Å². The van der Waals surface area contributed by atoms with Crippen LogP contribution in [0.5, 0.6) is 5.75 Å². The first-order chi connectivity index (χ1) is 12.8. The van der Waals surface area contributed by atoms with Gasteiger partial charge in [-0.05, 0) is 29.8 Å². The molecule has 2 rings (SSSR count). The molecule has 0 atom stereocenters. The molecular formula is C17H14Cl2N2O6. The lowest BCUT2D eigenvalue weighted by Crippen LogP contribution is -2.28. The lowest BCUT2D eigenvalue weighted by Gasteiger charge is -2.09. The highest BCUT2D eigenvalue weighted by Gasteiger charge is 2.20. The average molecular weight is 413 g/mol. The molecule has 0 aliphatic heterocycles. The van der Waals surface area contributed by atoms with Gasteiger partial charge in [0.1, 0.15) is 0 Å². The van der Waals surface area contributed by atoms with Gasteiger partial charge in [0.2, 0.25) is 0 Å². The number of carbonyl (C=O) groups excluding carboxylic acids is 2. The SMILES string of the molecule is COC(=O)c1ccc(OCC(=O)NCc2ccc(Cl)cc2Cl)c([N+](=O)[O-])c1. The van der Waals surface area contributed by atoms with Crippen LogP contribution in [0.25, 0.3) is 0 Å². The van der Waals surface area contributed by atoms with E-state index in [0.29, 0.717) is 15.6 Å². The summed E-state index contributed by atoms with van der Waals surface area (Å²) in [6, 6.07) is 8.41. The summed E-state index contributed by atoms with van der Waals surface area (Å²) >= 11 is 11.8. The molecule has 0 aromatic heterocycles. The average Bonchev–Trinajstić information content (AvgIpc) is 2.64. The van der Waals surface area contributed by atoms with Crippen molar-refractivity contribution < 1.29 is 24.0 Å².